The number of hydrogen-bond acceptors (Lipinski definition) is 3. The monoisotopic (exact) mass is 225 g/mol. The molecule has 0 heterocycles. The van der Waals surface area contributed by atoms with Crippen LogP contribution < -0.4 is 0 Å². The molecule has 0 aromatic carbocycles. The van der Waals surface area contributed by atoms with Gasteiger partial charge in [0.05, 0.1) is 11.3 Å². The Morgan fingerprint density at radius 3 is 2.67 bits per heavy atom. The molecule has 1 amide bonds. The molecule has 1 aliphatic carbocycles. The summed E-state index contributed by atoms with van der Waals surface area (Å²) < 4.78 is 0. The van der Waals surface area contributed by atoms with E-state index < -0.39 is 5.60 Å². The highest BCUT2D eigenvalue weighted by Crippen LogP contribution is 2.17. The number of carbonyl (C=O) groups is 1. The second-order valence-corrected chi connectivity index (χ2v) is 4.80. The quantitative estimate of drug-likeness (QED) is 0.419. The highest BCUT2D eigenvalue weighted by Gasteiger charge is 2.19. The summed E-state index contributed by atoms with van der Waals surface area (Å²) in [5.74, 6) is 0. The standard InChI is InChI=1S/C11H15NO2S/c1-11(2,3)14-12(8-13)9-5-4-6-10(15)7-9/h4-5,7-8H,6H2,1-3H3. The molecule has 0 aromatic rings. The maximum Gasteiger partial charge on any atom is 0.238 e. The van der Waals surface area contributed by atoms with E-state index >= 15 is 0 Å². The van der Waals surface area contributed by atoms with Gasteiger partial charge in [0.25, 0.3) is 0 Å². The zero-order valence-electron chi connectivity index (χ0n) is 9.19. The summed E-state index contributed by atoms with van der Waals surface area (Å²) in [5, 5.41) is 1.21. The van der Waals surface area contributed by atoms with Crippen molar-refractivity contribution >= 4 is 23.5 Å². The average Bonchev–Trinajstić information content (AvgIpc) is 2.13. The first kappa shape index (κ1) is 12.1. The molecule has 1 rings (SSSR count). The molecule has 0 aliphatic heterocycles. The van der Waals surface area contributed by atoms with Crippen LogP contribution in [0.15, 0.2) is 23.9 Å². The normalized spacial score (nSPS) is 16.2. The molecule has 0 saturated heterocycles. The zero-order valence-corrected chi connectivity index (χ0v) is 10.0. The average molecular weight is 225 g/mol. The van der Waals surface area contributed by atoms with Gasteiger partial charge in [-0.05, 0) is 32.9 Å². The fraction of sp³-hybridized carbons (Fsp3) is 0.455. The zero-order chi connectivity index (χ0) is 11.5. The van der Waals surface area contributed by atoms with Crippen LogP contribution in [-0.2, 0) is 9.63 Å². The number of hydrogen-bond donors (Lipinski definition) is 0. The summed E-state index contributed by atoms with van der Waals surface area (Å²) in [6.07, 6.45) is 6.92. The Bertz CT molecular complexity index is 326. The maximum atomic E-state index is 10.9. The lowest BCUT2D eigenvalue weighted by Gasteiger charge is -2.27. The predicted molar refractivity (Wildman–Crippen MR) is 63.2 cm³/mol. The van der Waals surface area contributed by atoms with Crippen LogP contribution in [0.3, 0.4) is 0 Å². The molecule has 0 saturated carbocycles. The number of allylic oxidation sites excluding steroid dienone is 3. The molecule has 0 bridgehead atoms. The molecule has 0 atom stereocenters. The smallest absolute Gasteiger partial charge is 0.238 e. The van der Waals surface area contributed by atoms with E-state index in [1.54, 1.807) is 6.08 Å². The van der Waals surface area contributed by atoms with Crippen molar-refractivity contribution in [2.75, 3.05) is 0 Å². The molecule has 0 spiro atoms. The summed E-state index contributed by atoms with van der Waals surface area (Å²) in [4.78, 5) is 17.1. The number of hydroxylamine groups is 2. The van der Waals surface area contributed by atoms with Crippen molar-refractivity contribution in [3.05, 3.63) is 23.9 Å². The SMILES string of the molecule is CC(C)(C)ON(C=O)C1=CC(=S)CC=C1. The second kappa shape index (κ2) is 4.68. The molecular formula is C11H15NO2S. The molecule has 0 N–H and O–H groups in total. The third-order valence-corrected chi connectivity index (χ3v) is 1.92. The van der Waals surface area contributed by atoms with Crippen molar-refractivity contribution in [2.24, 2.45) is 0 Å². The minimum Gasteiger partial charge on any atom is -0.276 e. The van der Waals surface area contributed by atoms with E-state index in [0.29, 0.717) is 12.1 Å². The van der Waals surface area contributed by atoms with E-state index in [0.717, 1.165) is 11.3 Å². The van der Waals surface area contributed by atoms with Crippen LogP contribution in [0.25, 0.3) is 0 Å². The van der Waals surface area contributed by atoms with Crippen LogP contribution in [0.2, 0.25) is 0 Å². The van der Waals surface area contributed by atoms with Gasteiger partial charge in [0.2, 0.25) is 6.41 Å². The Kier molecular flexibility index (Phi) is 3.77. The van der Waals surface area contributed by atoms with Crippen LogP contribution in [0.5, 0.6) is 0 Å². The van der Waals surface area contributed by atoms with Crippen molar-refractivity contribution < 1.29 is 9.63 Å². The number of nitrogens with zero attached hydrogens (tertiary/aromatic N) is 1. The molecule has 3 nitrogen and oxygen atoms in total. The first-order valence-electron chi connectivity index (χ1n) is 4.77. The first-order valence-corrected chi connectivity index (χ1v) is 5.18. The molecule has 4 heteroatoms. The number of carbonyl (C=O) groups excluding carboxylic acids is 1. The van der Waals surface area contributed by atoms with Gasteiger partial charge in [-0.25, -0.2) is 0 Å². The maximum absolute atomic E-state index is 10.9. The van der Waals surface area contributed by atoms with Gasteiger partial charge in [-0.15, -0.1) is 0 Å². The molecule has 0 fully saturated rings. The highest BCUT2D eigenvalue weighted by molar-refractivity contribution is 7.80. The van der Waals surface area contributed by atoms with Gasteiger partial charge in [-0.2, -0.15) is 5.06 Å². The number of amides is 1. The molecule has 0 radical (unpaired) electrons. The van der Waals surface area contributed by atoms with Crippen molar-refractivity contribution in [2.45, 2.75) is 32.8 Å². The Hall–Kier alpha value is -1.00. The molecule has 0 aromatic heterocycles. The van der Waals surface area contributed by atoms with Crippen molar-refractivity contribution in [3.63, 3.8) is 0 Å². The van der Waals surface area contributed by atoms with Gasteiger partial charge in [0.1, 0.15) is 0 Å². The van der Waals surface area contributed by atoms with Gasteiger partial charge in [0.15, 0.2) is 0 Å². The largest absolute Gasteiger partial charge is 0.276 e. The van der Waals surface area contributed by atoms with E-state index in [9.17, 15) is 4.79 Å². The van der Waals surface area contributed by atoms with E-state index in [4.69, 9.17) is 17.1 Å². The van der Waals surface area contributed by atoms with Gasteiger partial charge in [-0.3, -0.25) is 9.63 Å². The summed E-state index contributed by atoms with van der Waals surface area (Å²) in [6, 6.07) is 0. The van der Waals surface area contributed by atoms with Gasteiger partial charge in [0, 0.05) is 11.3 Å². The molecular weight excluding hydrogens is 210 g/mol. The summed E-state index contributed by atoms with van der Waals surface area (Å²) in [5.41, 5.74) is 0.269. The van der Waals surface area contributed by atoms with Gasteiger partial charge < -0.3 is 0 Å². The topological polar surface area (TPSA) is 29.5 Å². The predicted octanol–water partition coefficient (Wildman–Crippen LogP) is 2.39. The van der Waals surface area contributed by atoms with Crippen LogP contribution in [0, 0.1) is 0 Å². The third kappa shape index (κ3) is 3.93. The summed E-state index contributed by atoms with van der Waals surface area (Å²) in [6.45, 7) is 5.65. The Morgan fingerprint density at radius 1 is 1.53 bits per heavy atom. The highest BCUT2D eigenvalue weighted by atomic mass is 32.1. The lowest BCUT2D eigenvalue weighted by atomic mass is 10.1. The Balaban J connectivity index is 2.79. The van der Waals surface area contributed by atoms with Crippen LogP contribution >= 0.6 is 12.2 Å². The summed E-state index contributed by atoms with van der Waals surface area (Å²) >= 11 is 5.07. The van der Waals surface area contributed by atoms with Gasteiger partial charge in [-0.1, -0.05) is 18.3 Å². The van der Waals surface area contributed by atoms with Crippen molar-refractivity contribution in [3.8, 4) is 0 Å². The van der Waals surface area contributed by atoms with E-state index in [1.165, 1.54) is 5.06 Å². The van der Waals surface area contributed by atoms with Crippen molar-refractivity contribution in [1.82, 2.24) is 5.06 Å². The fourth-order valence-electron chi connectivity index (χ4n) is 1.14. The molecule has 0 unspecified atom stereocenters. The second-order valence-electron chi connectivity index (χ2n) is 4.28. The molecule has 1 aliphatic rings. The molecule has 15 heavy (non-hydrogen) atoms. The lowest BCUT2D eigenvalue weighted by molar-refractivity contribution is -0.198. The number of thiocarbonyl (C=S) groups is 1. The van der Waals surface area contributed by atoms with Crippen LogP contribution in [0.1, 0.15) is 27.2 Å². The minimum absolute atomic E-state index is 0.408. The third-order valence-electron chi connectivity index (χ3n) is 1.64. The first-order chi connectivity index (χ1) is 6.92. The number of rotatable bonds is 3. The lowest BCUT2D eigenvalue weighted by Crippen LogP contribution is -2.32. The van der Waals surface area contributed by atoms with Gasteiger partial charge >= 0.3 is 0 Å². The van der Waals surface area contributed by atoms with Crippen molar-refractivity contribution in [1.29, 1.82) is 0 Å². The van der Waals surface area contributed by atoms with Crippen LogP contribution in [0.4, 0.5) is 0 Å². The summed E-state index contributed by atoms with van der Waals surface area (Å²) in [7, 11) is 0. The van der Waals surface area contributed by atoms with E-state index in [2.05, 4.69) is 0 Å². The van der Waals surface area contributed by atoms with E-state index in [1.807, 2.05) is 32.9 Å². The van der Waals surface area contributed by atoms with Crippen LogP contribution in [-0.4, -0.2) is 21.9 Å². The Labute approximate surface area is 95.4 Å². The fourth-order valence-corrected chi connectivity index (χ4v) is 1.35. The molecule has 82 valence electrons. The minimum atomic E-state index is -0.408. The Morgan fingerprint density at radius 2 is 2.20 bits per heavy atom. The van der Waals surface area contributed by atoms with E-state index in [-0.39, 0.29) is 0 Å².